The molecule has 0 aliphatic carbocycles. The van der Waals surface area contributed by atoms with Crippen molar-refractivity contribution in [3.05, 3.63) is 71.3 Å². The molecule has 2 N–H and O–H groups in total. The van der Waals surface area contributed by atoms with Gasteiger partial charge in [-0.1, -0.05) is 25.5 Å². The first-order valence-corrected chi connectivity index (χ1v) is 12.2. The predicted octanol–water partition coefficient (Wildman–Crippen LogP) is 4.03. The zero-order chi connectivity index (χ0) is 25.2. The molecule has 0 aromatic heterocycles. The van der Waals surface area contributed by atoms with Crippen molar-refractivity contribution in [1.82, 2.24) is 10.2 Å². The summed E-state index contributed by atoms with van der Waals surface area (Å²) in [4.78, 5) is 51.0. The molecule has 184 valence electrons. The Morgan fingerprint density at radius 3 is 2.67 bits per heavy atom. The normalized spacial score (nSPS) is 17.2. The number of carbonyl (C=O) groups is 4. The Morgan fingerprint density at radius 1 is 1.06 bits per heavy atom. The van der Waals surface area contributed by atoms with E-state index in [2.05, 4.69) is 17.6 Å². The summed E-state index contributed by atoms with van der Waals surface area (Å²) in [6, 6.07) is 15.8. The van der Waals surface area contributed by atoms with Gasteiger partial charge in [-0.2, -0.15) is 0 Å². The van der Waals surface area contributed by atoms with Gasteiger partial charge >= 0.3 is 0 Å². The molecule has 2 aliphatic heterocycles. The zero-order valence-corrected chi connectivity index (χ0v) is 20.0. The lowest BCUT2D eigenvalue weighted by Crippen LogP contribution is -2.52. The molecule has 1 fully saturated rings. The number of hydrogen-bond donors (Lipinski definition) is 2. The number of ether oxygens (including phenoxy) is 1. The average Bonchev–Trinajstić information content (AvgIpc) is 3.19. The van der Waals surface area contributed by atoms with Gasteiger partial charge in [0.25, 0.3) is 11.8 Å². The summed E-state index contributed by atoms with van der Waals surface area (Å²) in [5.41, 5.74) is 2.32. The van der Waals surface area contributed by atoms with Crippen LogP contribution >= 0.6 is 0 Å². The largest absolute Gasteiger partial charge is 0.494 e. The van der Waals surface area contributed by atoms with Crippen LogP contribution in [0, 0.1) is 0 Å². The summed E-state index contributed by atoms with van der Waals surface area (Å²) in [6.07, 6.45) is 2.59. The lowest BCUT2D eigenvalue weighted by Gasteiger charge is -2.29. The van der Waals surface area contributed by atoms with Gasteiger partial charge in [-0.15, -0.1) is 0 Å². The van der Waals surface area contributed by atoms with Gasteiger partial charge in [0, 0.05) is 29.8 Å². The maximum absolute atomic E-state index is 13.0. The fraction of sp³-hybridized carbons (Fsp3) is 0.286. The van der Waals surface area contributed by atoms with Gasteiger partial charge in [-0.25, -0.2) is 0 Å². The van der Waals surface area contributed by atoms with E-state index in [9.17, 15) is 19.2 Å². The van der Waals surface area contributed by atoms with E-state index < -0.39 is 11.9 Å². The van der Waals surface area contributed by atoms with Gasteiger partial charge in [0.15, 0.2) is 0 Å². The highest BCUT2D eigenvalue weighted by atomic mass is 16.5. The Hall–Kier alpha value is -4.20. The molecule has 2 aliphatic rings. The van der Waals surface area contributed by atoms with E-state index in [1.165, 1.54) is 4.90 Å². The molecule has 8 heteroatoms. The second kappa shape index (κ2) is 9.81. The molecule has 1 saturated heterocycles. The van der Waals surface area contributed by atoms with Crippen LogP contribution in [-0.4, -0.2) is 41.2 Å². The lowest BCUT2D eigenvalue weighted by atomic mass is 10.0. The Kier molecular flexibility index (Phi) is 6.41. The van der Waals surface area contributed by atoms with Crippen LogP contribution in [0.15, 0.2) is 54.6 Å². The molecule has 4 amide bonds. The van der Waals surface area contributed by atoms with Crippen LogP contribution < -0.4 is 15.4 Å². The monoisotopic (exact) mass is 485 g/mol. The van der Waals surface area contributed by atoms with E-state index in [0.717, 1.165) is 34.9 Å². The molecule has 1 atom stereocenters. The third-order valence-corrected chi connectivity index (χ3v) is 6.62. The van der Waals surface area contributed by atoms with Gasteiger partial charge in [-0.3, -0.25) is 24.5 Å². The average molecular weight is 486 g/mol. The highest BCUT2D eigenvalue weighted by Crippen LogP contribution is 2.30. The number of imide groups is 1. The van der Waals surface area contributed by atoms with Crippen LogP contribution in [0.4, 0.5) is 5.69 Å². The first kappa shape index (κ1) is 23.5. The van der Waals surface area contributed by atoms with Gasteiger partial charge in [-0.05, 0) is 71.6 Å². The van der Waals surface area contributed by atoms with E-state index in [-0.39, 0.29) is 30.7 Å². The van der Waals surface area contributed by atoms with Crippen LogP contribution in [-0.2, 0) is 16.1 Å². The predicted molar refractivity (Wildman–Crippen MR) is 135 cm³/mol. The SMILES string of the molecule is CCCCOc1ccc2cc(C(=O)Nc3ccc4c(c3)CN(C3CCC(=O)NC3=O)C4=O)ccc2c1. The summed E-state index contributed by atoms with van der Waals surface area (Å²) < 4.78 is 5.77. The molecule has 3 aromatic carbocycles. The number of piperidine rings is 1. The second-order valence-corrected chi connectivity index (χ2v) is 9.15. The van der Waals surface area contributed by atoms with Crippen LogP contribution in [0.2, 0.25) is 0 Å². The summed E-state index contributed by atoms with van der Waals surface area (Å²) in [5.74, 6) is -0.458. The highest BCUT2D eigenvalue weighted by Gasteiger charge is 2.39. The Balaban J connectivity index is 1.28. The van der Waals surface area contributed by atoms with Crippen LogP contribution in [0.3, 0.4) is 0 Å². The summed E-state index contributed by atoms with van der Waals surface area (Å²) >= 11 is 0. The zero-order valence-electron chi connectivity index (χ0n) is 20.0. The van der Waals surface area contributed by atoms with Gasteiger partial charge in [0.05, 0.1) is 6.61 Å². The number of fused-ring (bicyclic) bond motifs is 2. The summed E-state index contributed by atoms with van der Waals surface area (Å²) in [5, 5.41) is 7.13. The Labute approximate surface area is 208 Å². The number of amides is 4. The molecule has 3 aromatic rings. The molecular formula is C28H27N3O5. The highest BCUT2D eigenvalue weighted by molar-refractivity contribution is 6.08. The van der Waals surface area contributed by atoms with Crippen molar-refractivity contribution in [1.29, 1.82) is 0 Å². The van der Waals surface area contributed by atoms with E-state index in [1.807, 2.05) is 30.3 Å². The van der Waals surface area contributed by atoms with Crippen molar-refractivity contribution in [2.45, 2.75) is 45.2 Å². The van der Waals surface area contributed by atoms with E-state index in [0.29, 0.717) is 29.8 Å². The number of unbranched alkanes of at least 4 members (excludes halogenated alkanes) is 1. The van der Waals surface area contributed by atoms with Crippen LogP contribution in [0.1, 0.15) is 58.9 Å². The van der Waals surface area contributed by atoms with Gasteiger partial charge in [0.1, 0.15) is 11.8 Å². The number of rotatable bonds is 7. The number of hydrogen-bond acceptors (Lipinski definition) is 5. The van der Waals surface area contributed by atoms with Crippen molar-refractivity contribution in [3.8, 4) is 5.75 Å². The maximum atomic E-state index is 13.0. The van der Waals surface area contributed by atoms with Crippen molar-refractivity contribution in [2.75, 3.05) is 11.9 Å². The number of anilines is 1. The standard InChI is InChI=1S/C28H27N3O5/c1-2-3-12-36-22-8-6-17-13-19(5-4-18(17)15-22)26(33)29-21-7-9-23-20(14-21)16-31(28(23)35)24-10-11-25(32)30-27(24)34/h4-9,13-15,24H,2-3,10-12,16H2,1H3,(H,29,33)(H,30,32,34). The van der Waals surface area contributed by atoms with Crippen molar-refractivity contribution in [2.24, 2.45) is 0 Å². The van der Waals surface area contributed by atoms with Gasteiger partial charge in [0.2, 0.25) is 11.8 Å². The van der Waals surface area contributed by atoms with Gasteiger partial charge < -0.3 is 15.0 Å². The smallest absolute Gasteiger partial charge is 0.255 e. The molecule has 0 saturated carbocycles. The number of carbonyl (C=O) groups excluding carboxylic acids is 4. The van der Waals surface area contributed by atoms with Crippen LogP contribution in [0.25, 0.3) is 10.8 Å². The first-order chi connectivity index (χ1) is 17.4. The number of nitrogens with one attached hydrogen (secondary N) is 2. The third kappa shape index (κ3) is 4.66. The van der Waals surface area contributed by atoms with Crippen molar-refractivity contribution >= 4 is 40.1 Å². The Morgan fingerprint density at radius 2 is 1.86 bits per heavy atom. The third-order valence-electron chi connectivity index (χ3n) is 6.62. The minimum atomic E-state index is -0.671. The summed E-state index contributed by atoms with van der Waals surface area (Å²) in [7, 11) is 0. The molecule has 1 unspecified atom stereocenters. The van der Waals surface area contributed by atoms with E-state index >= 15 is 0 Å². The van der Waals surface area contributed by atoms with Crippen LogP contribution in [0.5, 0.6) is 5.75 Å². The fourth-order valence-electron chi connectivity index (χ4n) is 4.64. The van der Waals surface area contributed by atoms with E-state index in [1.54, 1.807) is 24.3 Å². The number of nitrogens with zero attached hydrogens (tertiary/aromatic N) is 1. The van der Waals surface area contributed by atoms with E-state index in [4.69, 9.17) is 4.74 Å². The molecule has 0 radical (unpaired) electrons. The fourth-order valence-corrected chi connectivity index (χ4v) is 4.64. The molecular weight excluding hydrogens is 458 g/mol. The lowest BCUT2D eigenvalue weighted by molar-refractivity contribution is -0.136. The molecule has 5 rings (SSSR count). The van der Waals surface area contributed by atoms with Crippen molar-refractivity contribution < 1.29 is 23.9 Å². The quantitative estimate of drug-likeness (QED) is 0.388. The number of benzene rings is 3. The minimum Gasteiger partial charge on any atom is -0.494 e. The molecule has 0 spiro atoms. The summed E-state index contributed by atoms with van der Waals surface area (Å²) in [6.45, 7) is 3.05. The first-order valence-electron chi connectivity index (χ1n) is 12.2. The maximum Gasteiger partial charge on any atom is 0.255 e. The topological polar surface area (TPSA) is 105 Å². The molecule has 36 heavy (non-hydrogen) atoms. The molecule has 8 nitrogen and oxygen atoms in total. The second-order valence-electron chi connectivity index (χ2n) is 9.15. The Bertz CT molecular complexity index is 1380. The molecule has 2 heterocycles. The molecule has 0 bridgehead atoms. The minimum absolute atomic E-state index is 0.205. The van der Waals surface area contributed by atoms with Crippen molar-refractivity contribution in [3.63, 3.8) is 0 Å².